The first-order chi connectivity index (χ1) is 8.58. The van der Waals surface area contributed by atoms with Crippen LogP contribution in [-0.4, -0.2) is 38.2 Å². The fraction of sp³-hybridized carbons (Fsp3) is 0.417. The third-order valence-electron chi connectivity index (χ3n) is 2.32. The Labute approximate surface area is 120 Å². The van der Waals surface area contributed by atoms with Crippen LogP contribution in [0.4, 0.5) is 5.69 Å². The molecule has 0 saturated heterocycles. The van der Waals surface area contributed by atoms with Crippen LogP contribution in [0.15, 0.2) is 28.7 Å². The van der Waals surface area contributed by atoms with E-state index in [-0.39, 0.29) is 12.5 Å². The van der Waals surface area contributed by atoms with E-state index in [4.69, 9.17) is 21.1 Å². The second kappa shape index (κ2) is 7.74. The Morgan fingerprint density at radius 2 is 2.00 bits per heavy atom. The van der Waals surface area contributed by atoms with Crippen molar-refractivity contribution in [2.75, 3.05) is 26.1 Å². The fourth-order valence-corrected chi connectivity index (χ4v) is 1.84. The van der Waals surface area contributed by atoms with Gasteiger partial charge < -0.3 is 14.8 Å². The maximum atomic E-state index is 11.9. The lowest BCUT2D eigenvalue weighted by Gasteiger charge is -2.19. The fourth-order valence-electron chi connectivity index (χ4n) is 1.35. The number of carbonyl (C=O) groups is 1. The Bertz CT molecular complexity index is 385. The third-order valence-corrected chi connectivity index (χ3v) is 3.33. The van der Waals surface area contributed by atoms with Gasteiger partial charge in [0.1, 0.15) is 11.5 Å². The minimum Gasteiger partial charge on any atom is -0.382 e. The number of nitrogens with one attached hydrogen (secondary N) is 1. The van der Waals surface area contributed by atoms with E-state index in [1.54, 1.807) is 12.1 Å². The van der Waals surface area contributed by atoms with Crippen molar-refractivity contribution in [1.29, 1.82) is 0 Å². The lowest BCUT2D eigenvalue weighted by atomic mass is 10.2. The molecule has 100 valence electrons. The summed E-state index contributed by atoms with van der Waals surface area (Å²) in [6.45, 7) is 0.262. The topological polar surface area (TPSA) is 47.6 Å². The Balaban J connectivity index is 2.61. The molecule has 1 aromatic rings. The second-order valence-corrected chi connectivity index (χ2v) is 5.01. The number of benzene rings is 1. The zero-order valence-corrected chi connectivity index (χ0v) is 12.5. The van der Waals surface area contributed by atoms with Crippen LogP contribution < -0.4 is 5.32 Å². The first kappa shape index (κ1) is 15.4. The van der Waals surface area contributed by atoms with Gasteiger partial charge in [0, 0.05) is 24.4 Å². The molecule has 1 rings (SSSR count). The molecule has 0 saturated carbocycles. The number of alkyl halides is 1. The quantitative estimate of drug-likeness (QED) is 0.813. The van der Waals surface area contributed by atoms with E-state index >= 15 is 0 Å². The van der Waals surface area contributed by atoms with Crippen LogP contribution in [0.2, 0.25) is 0 Å². The summed E-state index contributed by atoms with van der Waals surface area (Å²) in [5.74, 6) is -0.317. The van der Waals surface area contributed by atoms with E-state index in [9.17, 15) is 4.79 Å². The van der Waals surface area contributed by atoms with Gasteiger partial charge in [-0.2, -0.15) is 0 Å². The molecule has 2 atom stereocenters. The molecule has 6 heteroatoms. The summed E-state index contributed by atoms with van der Waals surface area (Å²) in [5, 5.41) is 1.91. The number of amides is 1. The Morgan fingerprint density at radius 3 is 2.50 bits per heavy atom. The summed E-state index contributed by atoms with van der Waals surface area (Å²) >= 11 is 9.35. The first-order valence-corrected chi connectivity index (χ1v) is 6.53. The van der Waals surface area contributed by atoms with Gasteiger partial charge in [0.15, 0.2) is 0 Å². The number of methoxy groups -OCH3 is 2. The van der Waals surface area contributed by atoms with Gasteiger partial charge in [-0.25, -0.2) is 0 Å². The maximum Gasteiger partial charge on any atom is 0.245 e. The predicted molar refractivity (Wildman–Crippen MR) is 75.1 cm³/mol. The Kier molecular flexibility index (Phi) is 6.63. The molecule has 0 heterocycles. The highest BCUT2D eigenvalue weighted by molar-refractivity contribution is 9.10. The molecule has 1 amide bonds. The Morgan fingerprint density at radius 1 is 1.39 bits per heavy atom. The molecule has 0 unspecified atom stereocenters. The normalized spacial score (nSPS) is 14.0. The summed E-state index contributed by atoms with van der Waals surface area (Å²) < 4.78 is 11.0. The molecule has 0 aromatic heterocycles. The van der Waals surface area contributed by atoms with Crippen molar-refractivity contribution in [1.82, 2.24) is 0 Å². The molecular formula is C12H15BrClNO3. The van der Waals surface area contributed by atoms with Gasteiger partial charge in [0.25, 0.3) is 0 Å². The number of hydrogen-bond donors (Lipinski definition) is 1. The maximum absolute atomic E-state index is 11.9. The van der Waals surface area contributed by atoms with Crippen LogP contribution in [0.3, 0.4) is 0 Å². The van der Waals surface area contributed by atoms with E-state index in [1.807, 2.05) is 12.1 Å². The highest BCUT2D eigenvalue weighted by Crippen LogP contribution is 2.16. The summed E-state index contributed by atoms with van der Waals surface area (Å²) in [7, 11) is 3.02. The van der Waals surface area contributed by atoms with Crippen molar-refractivity contribution in [3.8, 4) is 0 Å². The summed E-state index contributed by atoms with van der Waals surface area (Å²) in [6, 6.07) is 7.23. The van der Waals surface area contributed by atoms with Crippen LogP contribution in [0.25, 0.3) is 0 Å². The minimum atomic E-state index is -0.807. The molecule has 18 heavy (non-hydrogen) atoms. The van der Waals surface area contributed by atoms with Gasteiger partial charge in [-0.15, -0.1) is 11.6 Å². The minimum absolute atomic E-state index is 0.262. The average molecular weight is 337 g/mol. The standard InChI is InChI=1S/C12H15BrClNO3/c1-17-7-10(18-2)11(14)12(16)15-9-5-3-8(13)4-6-9/h3-6,10-11H,7H2,1-2H3,(H,15,16)/t10-,11+/m1/s1. The molecule has 0 fully saturated rings. The van der Waals surface area contributed by atoms with Crippen molar-refractivity contribution < 1.29 is 14.3 Å². The summed E-state index contributed by atoms with van der Waals surface area (Å²) in [6.07, 6.45) is -0.480. The van der Waals surface area contributed by atoms with Crippen molar-refractivity contribution in [3.05, 3.63) is 28.7 Å². The van der Waals surface area contributed by atoms with Crippen LogP contribution in [0, 0.1) is 0 Å². The largest absolute Gasteiger partial charge is 0.382 e. The number of carbonyl (C=O) groups excluding carboxylic acids is 1. The number of ether oxygens (including phenoxy) is 2. The molecule has 1 aromatic carbocycles. The van der Waals surface area contributed by atoms with Crippen LogP contribution >= 0.6 is 27.5 Å². The van der Waals surface area contributed by atoms with E-state index in [1.165, 1.54) is 14.2 Å². The lowest BCUT2D eigenvalue weighted by molar-refractivity contribution is -0.119. The SMILES string of the molecule is COC[C@@H](OC)[C@H](Cl)C(=O)Nc1ccc(Br)cc1. The van der Waals surface area contributed by atoms with Gasteiger partial charge in [0.05, 0.1) is 6.61 Å². The second-order valence-electron chi connectivity index (χ2n) is 3.63. The van der Waals surface area contributed by atoms with Crippen molar-refractivity contribution >= 4 is 39.1 Å². The van der Waals surface area contributed by atoms with Crippen LogP contribution in [0.5, 0.6) is 0 Å². The molecule has 0 spiro atoms. The first-order valence-electron chi connectivity index (χ1n) is 5.30. The number of rotatable bonds is 6. The highest BCUT2D eigenvalue weighted by atomic mass is 79.9. The lowest BCUT2D eigenvalue weighted by Crippen LogP contribution is -2.37. The number of halogens is 2. The van der Waals surface area contributed by atoms with Crippen molar-refractivity contribution in [3.63, 3.8) is 0 Å². The van der Waals surface area contributed by atoms with E-state index in [2.05, 4.69) is 21.2 Å². The smallest absolute Gasteiger partial charge is 0.245 e. The molecular weight excluding hydrogens is 321 g/mol. The third kappa shape index (κ3) is 4.57. The molecule has 0 radical (unpaired) electrons. The van der Waals surface area contributed by atoms with Gasteiger partial charge in [0.2, 0.25) is 5.91 Å². The van der Waals surface area contributed by atoms with Gasteiger partial charge >= 0.3 is 0 Å². The number of hydrogen-bond acceptors (Lipinski definition) is 3. The van der Waals surface area contributed by atoms with E-state index < -0.39 is 11.5 Å². The molecule has 1 N–H and O–H groups in total. The summed E-state index contributed by atoms with van der Waals surface area (Å²) in [5.41, 5.74) is 0.682. The van der Waals surface area contributed by atoms with Crippen molar-refractivity contribution in [2.24, 2.45) is 0 Å². The molecule has 0 aliphatic heterocycles. The van der Waals surface area contributed by atoms with Crippen LogP contribution in [0.1, 0.15) is 0 Å². The zero-order valence-electron chi connectivity index (χ0n) is 10.2. The summed E-state index contributed by atoms with van der Waals surface area (Å²) in [4.78, 5) is 11.9. The molecule has 0 aliphatic carbocycles. The molecule has 0 aliphatic rings. The average Bonchev–Trinajstić information content (AvgIpc) is 2.37. The molecule has 0 bridgehead atoms. The van der Waals surface area contributed by atoms with Gasteiger partial charge in [-0.1, -0.05) is 15.9 Å². The predicted octanol–water partition coefficient (Wildman–Crippen LogP) is 2.66. The molecule has 4 nitrogen and oxygen atoms in total. The van der Waals surface area contributed by atoms with Crippen molar-refractivity contribution in [2.45, 2.75) is 11.5 Å². The van der Waals surface area contributed by atoms with E-state index in [0.717, 1.165) is 4.47 Å². The number of anilines is 1. The van der Waals surface area contributed by atoms with E-state index in [0.29, 0.717) is 5.69 Å². The highest BCUT2D eigenvalue weighted by Gasteiger charge is 2.26. The Hall–Kier alpha value is -0.620. The van der Waals surface area contributed by atoms with Gasteiger partial charge in [-0.05, 0) is 24.3 Å². The van der Waals surface area contributed by atoms with Crippen LogP contribution in [-0.2, 0) is 14.3 Å². The zero-order chi connectivity index (χ0) is 13.5. The van der Waals surface area contributed by atoms with Gasteiger partial charge in [-0.3, -0.25) is 4.79 Å². The monoisotopic (exact) mass is 335 g/mol.